The van der Waals surface area contributed by atoms with Gasteiger partial charge in [-0.3, -0.25) is 0 Å². The van der Waals surface area contributed by atoms with E-state index in [1.165, 1.54) is 0 Å². The van der Waals surface area contributed by atoms with Crippen molar-refractivity contribution < 1.29 is 0 Å². The molecule has 0 saturated carbocycles. The Kier molecular flexibility index (Phi) is 2.34. The summed E-state index contributed by atoms with van der Waals surface area (Å²) in [5, 5.41) is 0. The second kappa shape index (κ2) is 3.65. The summed E-state index contributed by atoms with van der Waals surface area (Å²) < 4.78 is 0. The summed E-state index contributed by atoms with van der Waals surface area (Å²) in [5.41, 5.74) is 16.6. The first kappa shape index (κ1) is 9.59. The van der Waals surface area contributed by atoms with Crippen molar-refractivity contribution in [1.82, 2.24) is 0 Å². The van der Waals surface area contributed by atoms with Crippen molar-refractivity contribution in [2.45, 2.75) is 6.92 Å². The van der Waals surface area contributed by atoms with Gasteiger partial charge >= 0.3 is 0 Å². The second-order valence-electron chi connectivity index (χ2n) is 3.68. The van der Waals surface area contributed by atoms with Gasteiger partial charge in [0.25, 0.3) is 0 Å². The van der Waals surface area contributed by atoms with Crippen molar-refractivity contribution in [3.63, 3.8) is 0 Å². The third-order valence-corrected chi connectivity index (χ3v) is 2.46. The Bertz CT molecular complexity index is 490. The van der Waals surface area contributed by atoms with Gasteiger partial charge < -0.3 is 11.5 Å². The number of rotatable bonds is 1. The van der Waals surface area contributed by atoms with Crippen LogP contribution in [0.1, 0.15) is 5.56 Å². The lowest BCUT2D eigenvalue weighted by molar-refractivity contribution is 1.47. The Hall–Kier alpha value is -1.96. The molecular formula is C13H14N2. The first-order valence-corrected chi connectivity index (χ1v) is 4.89. The average Bonchev–Trinajstić information content (AvgIpc) is 2.20. The third-order valence-electron chi connectivity index (χ3n) is 2.46. The van der Waals surface area contributed by atoms with E-state index < -0.39 is 0 Å². The Morgan fingerprint density at radius 3 is 2.13 bits per heavy atom. The third kappa shape index (κ3) is 1.79. The summed E-state index contributed by atoms with van der Waals surface area (Å²) in [6.45, 7) is 2.02. The number of hydrogen-bond acceptors (Lipinski definition) is 2. The van der Waals surface area contributed by atoms with Gasteiger partial charge in [0.15, 0.2) is 0 Å². The Labute approximate surface area is 89.5 Å². The van der Waals surface area contributed by atoms with E-state index in [0.29, 0.717) is 0 Å². The molecule has 0 spiro atoms. The maximum absolute atomic E-state index is 5.97. The normalized spacial score (nSPS) is 10.2. The van der Waals surface area contributed by atoms with Gasteiger partial charge in [-0.15, -0.1) is 0 Å². The maximum Gasteiger partial charge on any atom is 0.0397 e. The van der Waals surface area contributed by atoms with Gasteiger partial charge in [-0.05, 0) is 24.6 Å². The molecule has 76 valence electrons. The van der Waals surface area contributed by atoms with Crippen molar-refractivity contribution in [1.29, 1.82) is 0 Å². The van der Waals surface area contributed by atoms with Crippen molar-refractivity contribution in [3.8, 4) is 11.1 Å². The molecule has 0 aliphatic heterocycles. The van der Waals surface area contributed by atoms with Gasteiger partial charge in [0.1, 0.15) is 0 Å². The molecular weight excluding hydrogens is 184 g/mol. The summed E-state index contributed by atoms with van der Waals surface area (Å²) in [5.74, 6) is 0. The summed E-state index contributed by atoms with van der Waals surface area (Å²) in [6.07, 6.45) is 0. The Balaban J connectivity index is 2.60. The molecule has 2 rings (SSSR count). The van der Waals surface area contributed by atoms with Crippen LogP contribution in [0.2, 0.25) is 0 Å². The van der Waals surface area contributed by atoms with Crippen LogP contribution < -0.4 is 11.5 Å². The number of benzene rings is 2. The molecule has 2 nitrogen and oxygen atoms in total. The molecule has 0 atom stereocenters. The van der Waals surface area contributed by atoms with E-state index in [9.17, 15) is 0 Å². The summed E-state index contributed by atoms with van der Waals surface area (Å²) in [4.78, 5) is 0. The Morgan fingerprint density at radius 2 is 1.47 bits per heavy atom. The molecule has 2 heteroatoms. The molecule has 0 fully saturated rings. The molecule has 0 amide bonds. The van der Waals surface area contributed by atoms with E-state index in [1.54, 1.807) is 0 Å². The first-order valence-electron chi connectivity index (χ1n) is 4.89. The van der Waals surface area contributed by atoms with Gasteiger partial charge in [0.2, 0.25) is 0 Å². The number of nitrogen functional groups attached to an aromatic ring is 2. The standard InChI is InChI=1S/C13H14N2/c1-9-6-7-11(13(15)8-9)10-4-2-3-5-12(10)14/h2-8H,14-15H2,1H3. The van der Waals surface area contributed by atoms with Gasteiger partial charge in [0.05, 0.1) is 0 Å². The van der Waals surface area contributed by atoms with Gasteiger partial charge in [-0.1, -0.05) is 30.3 Å². The van der Waals surface area contributed by atoms with Gasteiger partial charge in [-0.2, -0.15) is 0 Å². The highest BCUT2D eigenvalue weighted by Crippen LogP contribution is 2.30. The number of hydrogen-bond donors (Lipinski definition) is 2. The zero-order chi connectivity index (χ0) is 10.8. The predicted molar refractivity (Wildman–Crippen MR) is 65.4 cm³/mol. The summed E-state index contributed by atoms with van der Waals surface area (Å²) >= 11 is 0. The number of para-hydroxylation sites is 1. The van der Waals surface area contributed by atoms with E-state index in [0.717, 1.165) is 28.1 Å². The van der Waals surface area contributed by atoms with E-state index in [2.05, 4.69) is 0 Å². The molecule has 0 saturated heterocycles. The number of aryl methyl sites for hydroxylation is 1. The molecule has 0 unspecified atom stereocenters. The van der Waals surface area contributed by atoms with Crippen LogP contribution in [-0.4, -0.2) is 0 Å². The van der Waals surface area contributed by atoms with Crippen LogP contribution in [0, 0.1) is 6.92 Å². The topological polar surface area (TPSA) is 52.0 Å². The van der Waals surface area contributed by atoms with Crippen LogP contribution >= 0.6 is 0 Å². The van der Waals surface area contributed by atoms with Crippen molar-refractivity contribution in [2.24, 2.45) is 0 Å². The smallest absolute Gasteiger partial charge is 0.0397 e. The monoisotopic (exact) mass is 198 g/mol. The molecule has 0 aliphatic carbocycles. The van der Waals surface area contributed by atoms with E-state index in [-0.39, 0.29) is 0 Å². The van der Waals surface area contributed by atoms with Crippen LogP contribution in [0.4, 0.5) is 11.4 Å². The zero-order valence-electron chi connectivity index (χ0n) is 8.70. The summed E-state index contributed by atoms with van der Waals surface area (Å²) in [6, 6.07) is 13.8. The lowest BCUT2D eigenvalue weighted by Gasteiger charge is -2.09. The minimum absolute atomic E-state index is 0.757. The van der Waals surface area contributed by atoms with Crippen molar-refractivity contribution in [3.05, 3.63) is 48.0 Å². The summed E-state index contributed by atoms with van der Waals surface area (Å²) in [7, 11) is 0. The Morgan fingerprint density at radius 1 is 0.800 bits per heavy atom. The predicted octanol–water partition coefficient (Wildman–Crippen LogP) is 2.83. The molecule has 15 heavy (non-hydrogen) atoms. The molecule has 0 radical (unpaired) electrons. The average molecular weight is 198 g/mol. The number of anilines is 2. The quantitative estimate of drug-likeness (QED) is 0.692. The van der Waals surface area contributed by atoms with Crippen LogP contribution in [0.5, 0.6) is 0 Å². The highest BCUT2D eigenvalue weighted by molar-refractivity contribution is 5.84. The number of nitrogens with two attached hydrogens (primary N) is 2. The molecule has 0 bridgehead atoms. The highest BCUT2D eigenvalue weighted by atomic mass is 14.6. The van der Waals surface area contributed by atoms with Crippen molar-refractivity contribution >= 4 is 11.4 Å². The molecule has 2 aromatic carbocycles. The molecule has 0 heterocycles. The van der Waals surface area contributed by atoms with E-state index >= 15 is 0 Å². The SMILES string of the molecule is Cc1ccc(-c2ccccc2N)c(N)c1. The minimum Gasteiger partial charge on any atom is -0.398 e. The molecule has 0 aliphatic rings. The van der Waals surface area contributed by atoms with Crippen LogP contribution in [-0.2, 0) is 0 Å². The van der Waals surface area contributed by atoms with Crippen LogP contribution in [0.3, 0.4) is 0 Å². The van der Waals surface area contributed by atoms with E-state index in [4.69, 9.17) is 11.5 Å². The highest BCUT2D eigenvalue weighted by Gasteiger charge is 2.04. The van der Waals surface area contributed by atoms with Crippen LogP contribution in [0.15, 0.2) is 42.5 Å². The fourth-order valence-corrected chi connectivity index (χ4v) is 1.67. The molecule has 0 aromatic heterocycles. The van der Waals surface area contributed by atoms with Crippen molar-refractivity contribution in [2.75, 3.05) is 11.5 Å². The minimum atomic E-state index is 0.757. The first-order chi connectivity index (χ1) is 7.18. The fraction of sp³-hybridized carbons (Fsp3) is 0.0769. The largest absolute Gasteiger partial charge is 0.398 e. The second-order valence-corrected chi connectivity index (χ2v) is 3.68. The van der Waals surface area contributed by atoms with E-state index in [1.807, 2.05) is 49.4 Å². The van der Waals surface area contributed by atoms with Gasteiger partial charge in [0, 0.05) is 22.5 Å². The fourth-order valence-electron chi connectivity index (χ4n) is 1.67. The van der Waals surface area contributed by atoms with Crippen LogP contribution in [0.25, 0.3) is 11.1 Å². The van der Waals surface area contributed by atoms with Gasteiger partial charge in [-0.25, -0.2) is 0 Å². The lowest BCUT2D eigenvalue weighted by atomic mass is 10.0. The molecule has 4 N–H and O–H groups in total. The zero-order valence-corrected chi connectivity index (χ0v) is 8.70. The maximum atomic E-state index is 5.97. The lowest BCUT2D eigenvalue weighted by Crippen LogP contribution is -1.94. The molecule has 2 aromatic rings.